The van der Waals surface area contributed by atoms with E-state index in [0.717, 1.165) is 47.8 Å². The normalized spacial score (nSPS) is 17.8. The van der Waals surface area contributed by atoms with E-state index in [0.29, 0.717) is 6.54 Å². The zero-order chi connectivity index (χ0) is 18.1. The van der Waals surface area contributed by atoms with Gasteiger partial charge in [-0.3, -0.25) is 9.36 Å². The van der Waals surface area contributed by atoms with Gasteiger partial charge in [0.25, 0.3) is 5.56 Å². The highest BCUT2D eigenvalue weighted by Gasteiger charge is 2.43. The number of thioether (sulfide) groups is 1. The molecule has 1 heterocycles. The first kappa shape index (κ1) is 17.8. The van der Waals surface area contributed by atoms with Gasteiger partial charge in [-0.25, -0.2) is 4.98 Å². The maximum Gasteiger partial charge on any atom is 0.258 e. The molecule has 0 unspecified atom stereocenters. The van der Waals surface area contributed by atoms with Crippen molar-refractivity contribution < 1.29 is 0 Å². The number of aromatic nitrogens is 2. The van der Waals surface area contributed by atoms with Gasteiger partial charge in [0.05, 0.1) is 11.3 Å². The standard InChI is InChI=1S/C22H28N2OS/c1-3-14-26-21-23-19-17-11-7-6-10-16(17)15-22(12-8-5-9-13-22)18(19)20(25)24(21)4-2/h6-7,10-11H,3-5,8-9,12-15H2,1-2H3. The van der Waals surface area contributed by atoms with Gasteiger partial charge in [0, 0.05) is 23.3 Å². The Morgan fingerprint density at radius 3 is 2.65 bits per heavy atom. The molecule has 0 radical (unpaired) electrons. The summed E-state index contributed by atoms with van der Waals surface area (Å²) in [6, 6.07) is 8.59. The molecule has 4 rings (SSSR count). The lowest BCUT2D eigenvalue weighted by molar-refractivity contribution is 0.282. The van der Waals surface area contributed by atoms with Gasteiger partial charge >= 0.3 is 0 Å². The molecule has 4 heteroatoms. The van der Waals surface area contributed by atoms with Crippen molar-refractivity contribution in [2.24, 2.45) is 0 Å². The molecule has 1 fully saturated rings. The Bertz CT molecular complexity index is 865. The fraction of sp³-hybridized carbons (Fsp3) is 0.545. The summed E-state index contributed by atoms with van der Waals surface area (Å²) in [6.07, 6.45) is 8.06. The average Bonchev–Trinajstić information content (AvgIpc) is 2.66. The Balaban J connectivity index is 1.98. The predicted molar refractivity (Wildman–Crippen MR) is 109 cm³/mol. The molecule has 138 valence electrons. The van der Waals surface area contributed by atoms with Crippen molar-refractivity contribution in [3.05, 3.63) is 45.7 Å². The van der Waals surface area contributed by atoms with Gasteiger partial charge in [-0.15, -0.1) is 0 Å². The van der Waals surface area contributed by atoms with Crippen LogP contribution in [-0.4, -0.2) is 15.3 Å². The fourth-order valence-corrected chi connectivity index (χ4v) is 5.71. The number of hydrogen-bond acceptors (Lipinski definition) is 3. The minimum atomic E-state index is -0.00308. The van der Waals surface area contributed by atoms with Crippen LogP contribution in [0.5, 0.6) is 0 Å². The molecule has 2 aromatic rings. The van der Waals surface area contributed by atoms with Gasteiger partial charge in [-0.1, -0.05) is 62.2 Å². The van der Waals surface area contributed by atoms with Gasteiger partial charge in [0.2, 0.25) is 0 Å². The van der Waals surface area contributed by atoms with Crippen LogP contribution in [0.2, 0.25) is 0 Å². The highest BCUT2D eigenvalue weighted by Crippen LogP contribution is 2.48. The van der Waals surface area contributed by atoms with Crippen LogP contribution in [0, 0.1) is 0 Å². The summed E-state index contributed by atoms with van der Waals surface area (Å²) in [7, 11) is 0. The van der Waals surface area contributed by atoms with Crippen molar-refractivity contribution in [2.75, 3.05) is 5.75 Å². The second-order valence-electron chi connectivity index (χ2n) is 7.69. The van der Waals surface area contributed by atoms with Crippen LogP contribution in [0.3, 0.4) is 0 Å². The molecular formula is C22H28N2OS. The lowest BCUT2D eigenvalue weighted by Gasteiger charge is -2.42. The highest BCUT2D eigenvalue weighted by molar-refractivity contribution is 7.99. The van der Waals surface area contributed by atoms with Crippen LogP contribution >= 0.6 is 11.8 Å². The number of hydrogen-bond donors (Lipinski definition) is 0. The molecule has 0 amide bonds. The molecule has 1 aromatic carbocycles. The third-order valence-electron chi connectivity index (χ3n) is 6.03. The Hall–Kier alpha value is -1.55. The van der Waals surface area contributed by atoms with Crippen LogP contribution < -0.4 is 5.56 Å². The first-order valence-electron chi connectivity index (χ1n) is 10.1. The average molecular weight is 369 g/mol. The third-order valence-corrected chi connectivity index (χ3v) is 7.21. The van der Waals surface area contributed by atoms with Gasteiger partial charge in [-0.05, 0) is 38.2 Å². The van der Waals surface area contributed by atoms with Gasteiger partial charge in [-0.2, -0.15) is 0 Å². The smallest absolute Gasteiger partial charge is 0.258 e. The van der Waals surface area contributed by atoms with Crippen molar-refractivity contribution in [2.45, 2.75) is 75.9 Å². The van der Waals surface area contributed by atoms with Crippen LogP contribution in [0.25, 0.3) is 11.3 Å². The van der Waals surface area contributed by atoms with Gasteiger partial charge < -0.3 is 0 Å². The third kappa shape index (κ3) is 2.83. The zero-order valence-electron chi connectivity index (χ0n) is 15.9. The first-order chi connectivity index (χ1) is 12.7. The number of rotatable bonds is 4. The van der Waals surface area contributed by atoms with E-state index in [4.69, 9.17) is 4.98 Å². The highest BCUT2D eigenvalue weighted by atomic mass is 32.2. The largest absolute Gasteiger partial charge is 0.288 e. The van der Waals surface area contributed by atoms with Crippen LogP contribution in [0.4, 0.5) is 0 Å². The molecule has 2 aliphatic rings. The first-order valence-corrected chi connectivity index (χ1v) is 11.0. The molecule has 0 N–H and O–H groups in total. The predicted octanol–water partition coefficient (Wildman–Crippen LogP) is 5.19. The quantitative estimate of drug-likeness (QED) is 0.550. The van der Waals surface area contributed by atoms with E-state index in [1.165, 1.54) is 30.4 Å². The molecule has 1 aromatic heterocycles. The summed E-state index contributed by atoms with van der Waals surface area (Å²) in [5.74, 6) is 0.998. The van der Waals surface area contributed by atoms with Crippen molar-refractivity contribution in [1.29, 1.82) is 0 Å². The summed E-state index contributed by atoms with van der Waals surface area (Å²) < 4.78 is 1.92. The number of nitrogens with zero attached hydrogens (tertiary/aromatic N) is 2. The van der Waals surface area contributed by atoms with E-state index in [-0.39, 0.29) is 11.0 Å². The van der Waals surface area contributed by atoms with Crippen LogP contribution in [0.15, 0.2) is 34.2 Å². The monoisotopic (exact) mass is 368 g/mol. The van der Waals surface area contributed by atoms with Gasteiger partial charge in [0.15, 0.2) is 5.16 Å². The molecule has 26 heavy (non-hydrogen) atoms. The summed E-state index contributed by atoms with van der Waals surface area (Å²) in [6.45, 7) is 4.94. The van der Waals surface area contributed by atoms with E-state index in [1.54, 1.807) is 11.8 Å². The second-order valence-corrected chi connectivity index (χ2v) is 8.75. The summed E-state index contributed by atoms with van der Waals surface area (Å²) in [5, 5.41) is 0.890. The molecule has 2 aliphatic carbocycles. The molecular weight excluding hydrogens is 340 g/mol. The molecule has 0 aliphatic heterocycles. The summed E-state index contributed by atoms with van der Waals surface area (Å²) in [5.41, 5.74) is 4.75. The second kappa shape index (κ2) is 7.22. The van der Waals surface area contributed by atoms with Crippen molar-refractivity contribution in [3.63, 3.8) is 0 Å². The lowest BCUT2D eigenvalue weighted by Crippen LogP contribution is -2.43. The Morgan fingerprint density at radius 2 is 1.92 bits per heavy atom. The Kier molecular flexibility index (Phi) is 4.96. The minimum absolute atomic E-state index is 0.00308. The minimum Gasteiger partial charge on any atom is -0.288 e. The summed E-state index contributed by atoms with van der Waals surface area (Å²) in [4.78, 5) is 18.7. The molecule has 0 atom stereocenters. The van der Waals surface area contributed by atoms with E-state index >= 15 is 0 Å². The molecule has 0 bridgehead atoms. The number of benzene rings is 1. The van der Waals surface area contributed by atoms with Crippen LogP contribution in [-0.2, 0) is 18.4 Å². The van der Waals surface area contributed by atoms with Crippen molar-refractivity contribution >= 4 is 11.8 Å². The van der Waals surface area contributed by atoms with E-state index in [2.05, 4.69) is 38.1 Å². The maximum absolute atomic E-state index is 13.6. The van der Waals surface area contributed by atoms with Crippen LogP contribution in [0.1, 0.15) is 63.5 Å². The number of fused-ring (bicyclic) bond motifs is 4. The van der Waals surface area contributed by atoms with Gasteiger partial charge in [0.1, 0.15) is 0 Å². The molecule has 1 spiro atoms. The Labute approximate surface area is 160 Å². The SMILES string of the molecule is CCCSc1nc2c(c(=O)n1CC)C1(CCCCC1)Cc1ccccc1-2. The van der Waals surface area contributed by atoms with E-state index < -0.39 is 0 Å². The molecule has 0 saturated heterocycles. The maximum atomic E-state index is 13.6. The Morgan fingerprint density at radius 1 is 1.15 bits per heavy atom. The topological polar surface area (TPSA) is 34.9 Å². The fourth-order valence-electron chi connectivity index (χ4n) is 4.80. The molecule has 3 nitrogen and oxygen atoms in total. The van der Waals surface area contributed by atoms with Crippen molar-refractivity contribution in [1.82, 2.24) is 9.55 Å². The zero-order valence-corrected chi connectivity index (χ0v) is 16.7. The van der Waals surface area contributed by atoms with E-state index in [9.17, 15) is 4.79 Å². The molecule has 1 saturated carbocycles. The van der Waals surface area contributed by atoms with Crippen molar-refractivity contribution in [3.8, 4) is 11.3 Å². The van der Waals surface area contributed by atoms with E-state index in [1.807, 2.05) is 4.57 Å². The summed E-state index contributed by atoms with van der Waals surface area (Å²) >= 11 is 1.72. The lowest BCUT2D eigenvalue weighted by atomic mass is 9.62.